The van der Waals surface area contributed by atoms with Gasteiger partial charge in [0.2, 0.25) is 0 Å². The molecule has 0 amide bonds. The monoisotopic (exact) mass is 416 g/mol. The predicted octanol–water partition coefficient (Wildman–Crippen LogP) is 3.48. The van der Waals surface area contributed by atoms with E-state index < -0.39 is 6.10 Å². The minimum absolute atomic E-state index is 0.0190. The van der Waals surface area contributed by atoms with E-state index >= 15 is 0 Å². The van der Waals surface area contributed by atoms with Crippen molar-refractivity contribution in [3.8, 4) is 0 Å². The maximum Gasteiger partial charge on any atom is 0.326 e. The number of aromatic nitrogens is 2. The fraction of sp³-hybridized carbons (Fsp3) is 0.708. The molecule has 0 unspecified atom stereocenters. The number of aliphatic hydroxyl groups excluding tert-OH is 1. The van der Waals surface area contributed by atoms with E-state index in [0.29, 0.717) is 12.5 Å². The molecule has 1 heterocycles. The molecule has 6 heteroatoms. The number of nitrogens with zero attached hydrogens (tertiary/aromatic N) is 2. The van der Waals surface area contributed by atoms with Gasteiger partial charge in [0.1, 0.15) is 0 Å². The maximum atomic E-state index is 12.1. The van der Waals surface area contributed by atoms with Crippen molar-refractivity contribution in [3.63, 3.8) is 0 Å². The van der Waals surface area contributed by atoms with Crippen LogP contribution < -0.4 is 11.4 Å². The third-order valence-corrected chi connectivity index (χ3v) is 6.68. The van der Waals surface area contributed by atoms with Gasteiger partial charge < -0.3 is 20.7 Å². The Morgan fingerprint density at radius 2 is 1.90 bits per heavy atom. The fourth-order valence-electron chi connectivity index (χ4n) is 4.84. The van der Waals surface area contributed by atoms with Gasteiger partial charge in [-0.05, 0) is 50.9 Å². The van der Waals surface area contributed by atoms with E-state index in [1.54, 1.807) is 0 Å². The molecule has 3 rings (SSSR count). The number of para-hydroxylation sites is 2. The molecule has 6 nitrogen and oxygen atoms in total. The van der Waals surface area contributed by atoms with Crippen LogP contribution in [-0.2, 0) is 6.54 Å². The van der Waals surface area contributed by atoms with Gasteiger partial charge in [0.25, 0.3) is 0 Å². The van der Waals surface area contributed by atoms with Gasteiger partial charge in [0.05, 0.1) is 17.1 Å². The number of aryl methyl sites for hydroxylation is 1. The summed E-state index contributed by atoms with van der Waals surface area (Å²) >= 11 is 0. The first-order valence-electron chi connectivity index (χ1n) is 11.8. The molecule has 1 aromatic heterocycles. The van der Waals surface area contributed by atoms with Crippen LogP contribution in [0.2, 0.25) is 0 Å². The van der Waals surface area contributed by atoms with Crippen molar-refractivity contribution in [3.05, 3.63) is 34.7 Å². The highest BCUT2D eigenvalue weighted by Crippen LogP contribution is 2.27. The molecular formula is C24H40N4O2. The molecule has 0 spiro atoms. The van der Waals surface area contributed by atoms with E-state index in [0.717, 1.165) is 56.2 Å². The van der Waals surface area contributed by atoms with Gasteiger partial charge >= 0.3 is 5.69 Å². The summed E-state index contributed by atoms with van der Waals surface area (Å²) in [5.41, 5.74) is 8.16. The summed E-state index contributed by atoms with van der Waals surface area (Å²) < 4.78 is 1.84. The largest absolute Gasteiger partial charge is 0.390 e. The molecule has 2 atom stereocenters. The second-order valence-corrected chi connectivity index (χ2v) is 9.25. The Hall–Kier alpha value is -1.63. The van der Waals surface area contributed by atoms with Gasteiger partial charge in [-0.2, -0.15) is 0 Å². The zero-order valence-corrected chi connectivity index (χ0v) is 18.6. The lowest BCUT2D eigenvalue weighted by atomic mass is 9.84. The highest BCUT2D eigenvalue weighted by atomic mass is 16.3. The van der Waals surface area contributed by atoms with Crippen molar-refractivity contribution in [2.24, 2.45) is 11.7 Å². The lowest BCUT2D eigenvalue weighted by molar-refractivity contribution is 0.0893. The highest BCUT2D eigenvalue weighted by Gasteiger charge is 2.22. The molecule has 0 bridgehead atoms. The van der Waals surface area contributed by atoms with Gasteiger partial charge in [0.15, 0.2) is 0 Å². The Bertz CT molecular complexity index is 809. The second kappa shape index (κ2) is 11.7. The van der Waals surface area contributed by atoms with Crippen molar-refractivity contribution >= 4 is 11.0 Å². The summed E-state index contributed by atoms with van der Waals surface area (Å²) in [7, 11) is 2.07. The van der Waals surface area contributed by atoms with Crippen LogP contribution in [0, 0.1) is 5.92 Å². The van der Waals surface area contributed by atoms with E-state index in [4.69, 9.17) is 5.73 Å². The summed E-state index contributed by atoms with van der Waals surface area (Å²) in [5.74, 6) is 0.707. The van der Waals surface area contributed by atoms with Crippen molar-refractivity contribution in [1.29, 1.82) is 0 Å². The van der Waals surface area contributed by atoms with Gasteiger partial charge in [-0.3, -0.25) is 4.57 Å². The number of hydrogen-bond donors (Lipinski definition) is 3. The topological polar surface area (TPSA) is 87.3 Å². The van der Waals surface area contributed by atoms with Crippen molar-refractivity contribution in [2.45, 2.75) is 82.9 Å². The number of fused-ring (bicyclic) bond motifs is 1. The average Bonchev–Trinajstić information content (AvgIpc) is 3.06. The molecule has 1 aromatic carbocycles. The van der Waals surface area contributed by atoms with E-state index in [1.807, 2.05) is 28.8 Å². The number of aromatic amines is 1. The standard InChI is InChI=1S/C24H40N4O2/c1-27(18-23(29)20(25)17-19-11-5-4-6-12-19)15-9-2-3-10-16-28-22-14-8-7-13-21(22)26-24(28)30/h7-8,13-14,19-20,23,29H,2-6,9-12,15-18,25H2,1H3,(H,26,30)/t20-,23-/m0/s1. The molecule has 1 aliphatic rings. The maximum absolute atomic E-state index is 12.1. The number of H-pyrrole nitrogens is 1. The molecule has 0 radical (unpaired) electrons. The second-order valence-electron chi connectivity index (χ2n) is 9.25. The Morgan fingerprint density at radius 1 is 1.17 bits per heavy atom. The first kappa shape index (κ1) is 23.0. The quantitative estimate of drug-likeness (QED) is 0.462. The molecule has 0 aliphatic heterocycles. The minimum atomic E-state index is -0.439. The molecule has 0 saturated heterocycles. The highest BCUT2D eigenvalue weighted by molar-refractivity contribution is 5.74. The summed E-state index contributed by atoms with van der Waals surface area (Å²) in [6.07, 6.45) is 11.4. The summed E-state index contributed by atoms with van der Waals surface area (Å²) in [6, 6.07) is 7.74. The van der Waals surface area contributed by atoms with Crippen molar-refractivity contribution < 1.29 is 5.11 Å². The number of nitrogens with two attached hydrogens (primary N) is 1. The average molecular weight is 417 g/mol. The summed E-state index contributed by atoms with van der Waals surface area (Å²) in [5, 5.41) is 10.5. The van der Waals surface area contributed by atoms with Crippen LogP contribution in [-0.4, -0.2) is 51.8 Å². The van der Waals surface area contributed by atoms with Gasteiger partial charge in [-0.25, -0.2) is 4.79 Å². The third kappa shape index (κ3) is 6.69. The number of benzene rings is 1. The van der Waals surface area contributed by atoms with Crippen molar-refractivity contribution in [1.82, 2.24) is 14.5 Å². The first-order chi connectivity index (χ1) is 14.5. The van der Waals surface area contributed by atoms with Crippen LogP contribution >= 0.6 is 0 Å². The molecule has 2 aromatic rings. The molecule has 1 aliphatic carbocycles. The number of aliphatic hydroxyl groups is 1. The zero-order chi connectivity index (χ0) is 21.3. The fourth-order valence-corrected chi connectivity index (χ4v) is 4.84. The Labute approximate surface area is 180 Å². The molecule has 1 saturated carbocycles. The lowest BCUT2D eigenvalue weighted by Gasteiger charge is -2.29. The van der Waals surface area contributed by atoms with E-state index in [-0.39, 0.29) is 11.7 Å². The van der Waals surface area contributed by atoms with Gasteiger partial charge in [-0.15, -0.1) is 0 Å². The molecular weight excluding hydrogens is 376 g/mol. The van der Waals surface area contributed by atoms with E-state index in [9.17, 15) is 9.90 Å². The number of nitrogens with one attached hydrogen (secondary N) is 1. The predicted molar refractivity (Wildman–Crippen MR) is 124 cm³/mol. The van der Waals surface area contributed by atoms with Crippen molar-refractivity contribution in [2.75, 3.05) is 20.1 Å². The lowest BCUT2D eigenvalue weighted by Crippen LogP contribution is -2.43. The van der Waals surface area contributed by atoms with Crippen LogP contribution in [0.1, 0.15) is 64.2 Å². The van der Waals surface area contributed by atoms with Gasteiger partial charge in [-0.1, -0.05) is 57.1 Å². The SMILES string of the molecule is CN(CCCCCCn1c(=O)[nH]c2ccccc21)C[C@H](O)[C@@H](N)CC1CCCCC1. The molecule has 30 heavy (non-hydrogen) atoms. The number of rotatable bonds is 12. The van der Waals surface area contributed by atoms with Crippen LogP contribution in [0.5, 0.6) is 0 Å². The minimum Gasteiger partial charge on any atom is -0.390 e. The number of likely N-dealkylation sites (N-methyl/N-ethyl adjacent to an activating group) is 1. The Balaban J connectivity index is 1.28. The Morgan fingerprint density at radius 3 is 2.70 bits per heavy atom. The third-order valence-electron chi connectivity index (χ3n) is 6.68. The number of unbranched alkanes of at least 4 members (excludes halogenated alkanes) is 3. The molecule has 168 valence electrons. The van der Waals surface area contributed by atoms with Crippen LogP contribution in [0.4, 0.5) is 0 Å². The van der Waals surface area contributed by atoms with Crippen LogP contribution in [0.3, 0.4) is 0 Å². The first-order valence-corrected chi connectivity index (χ1v) is 11.8. The van der Waals surface area contributed by atoms with Crippen LogP contribution in [0.25, 0.3) is 11.0 Å². The molecule has 4 N–H and O–H groups in total. The zero-order valence-electron chi connectivity index (χ0n) is 18.6. The van der Waals surface area contributed by atoms with Gasteiger partial charge in [0, 0.05) is 19.1 Å². The van der Waals surface area contributed by atoms with Crippen LogP contribution in [0.15, 0.2) is 29.1 Å². The Kier molecular flexibility index (Phi) is 8.97. The van der Waals surface area contributed by atoms with E-state index in [1.165, 1.54) is 32.1 Å². The summed E-state index contributed by atoms with van der Waals surface area (Å²) in [4.78, 5) is 17.2. The summed E-state index contributed by atoms with van der Waals surface area (Å²) in [6.45, 7) is 2.38. The van der Waals surface area contributed by atoms with E-state index in [2.05, 4.69) is 16.9 Å². The normalized spacial score (nSPS) is 17.6. The molecule has 1 fully saturated rings. The smallest absolute Gasteiger partial charge is 0.326 e. The number of imidazole rings is 1. The number of hydrogen-bond acceptors (Lipinski definition) is 4.